The van der Waals surface area contributed by atoms with Crippen LogP contribution in [-0.4, -0.2) is 33.6 Å². The average Bonchev–Trinajstić information content (AvgIpc) is 3.18. The van der Waals surface area contributed by atoms with E-state index < -0.39 is 12.2 Å². The Morgan fingerprint density at radius 3 is 2.77 bits per heavy atom. The molecular formula is C21H20N2O3. The highest BCUT2D eigenvalue weighted by Gasteiger charge is 2.35. The van der Waals surface area contributed by atoms with Crippen molar-refractivity contribution in [2.75, 3.05) is 6.61 Å². The fourth-order valence-electron chi connectivity index (χ4n) is 3.78. The first kappa shape index (κ1) is 16.8. The number of benzene rings is 2. The fourth-order valence-corrected chi connectivity index (χ4v) is 3.78. The Hall–Kier alpha value is -2.65. The number of fused-ring (bicyclic) bond motifs is 3. The summed E-state index contributed by atoms with van der Waals surface area (Å²) < 4.78 is 8.00. The number of aliphatic hydroxyl groups is 2. The van der Waals surface area contributed by atoms with Crippen LogP contribution in [0.5, 0.6) is 0 Å². The highest BCUT2D eigenvalue weighted by Crippen LogP contribution is 2.38. The van der Waals surface area contributed by atoms with Gasteiger partial charge in [-0.15, -0.1) is 0 Å². The van der Waals surface area contributed by atoms with Crippen LogP contribution in [-0.2, 0) is 4.74 Å². The van der Waals surface area contributed by atoms with Crippen LogP contribution in [0.15, 0.2) is 48.5 Å². The molecule has 132 valence electrons. The monoisotopic (exact) mass is 348 g/mol. The van der Waals surface area contributed by atoms with Gasteiger partial charge in [-0.25, -0.2) is 0 Å². The van der Waals surface area contributed by atoms with Crippen molar-refractivity contribution >= 4 is 27.4 Å². The molecule has 5 heteroatoms. The molecule has 26 heavy (non-hydrogen) atoms. The van der Waals surface area contributed by atoms with E-state index in [0.29, 0.717) is 6.42 Å². The maximum absolute atomic E-state index is 10.1. The third-order valence-electron chi connectivity index (χ3n) is 5.12. The lowest BCUT2D eigenvalue weighted by Gasteiger charge is -2.16. The smallest absolute Gasteiger partial charge is 0.137 e. The molecule has 5 nitrogen and oxygen atoms in total. The van der Waals surface area contributed by atoms with E-state index in [1.807, 2.05) is 37.3 Å². The lowest BCUT2D eigenvalue weighted by atomic mass is 10.0. The fraction of sp³-hybridized carbons (Fsp3) is 0.286. The Balaban J connectivity index is 1.93. The van der Waals surface area contributed by atoms with E-state index in [0.717, 1.165) is 32.9 Å². The van der Waals surface area contributed by atoms with E-state index in [9.17, 15) is 10.2 Å². The highest BCUT2D eigenvalue weighted by atomic mass is 16.5. The van der Waals surface area contributed by atoms with Gasteiger partial charge in [0.25, 0.3) is 0 Å². The van der Waals surface area contributed by atoms with E-state index >= 15 is 0 Å². The molecule has 1 fully saturated rings. The number of aromatic nitrogens is 1. The van der Waals surface area contributed by atoms with E-state index in [4.69, 9.17) is 10.00 Å². The number of allylic oxidation sites excluding steroid dienone is 2. The topological polar surface area (TPSA) is 78.4 Å². The number of ether oxygens (including phenoxy) is 1. The van der Waals surface area contributed by atoms with Gasteiger partial charge in [0, 0.05) is 23.3 Å². The van der Waals surface area contributed by atoms with Crippen LogP contribution in [0, 0.1) is 11.3 Å². The molecule has 3 atom stereocenters. The Morgan fingerprint density at radius 1 is 1.27 bits per heavy atom. The molecule has 1 aliphatic heterocycles. The first-order valence-electron chi connectivity index (χ1n) is 8.68. The van der Waals surface area contributed by atoms with Gasteiger partial charge in [0.1, 0.15) is 12.3 Å². The molecule has 2 heterocycles. The molecule has 3 aromatic rings. The van der Waals surface area contributed by atoms with Gasteiger partial charge in [0.2, 0.25) is 0 Å². The summed E-state index contributed by atoms with van der Waals surface area (Å²) in [6.07, 6.45) is 0.417. The number of hydrogen-bond donors (Lipinski definition) is 2. The number of aliphatic hydroxyl groups excluding tert-OH is 2. The zero-order valence-corrected chi connectivity index (χ0v) is 14.5. The van der Waals surface area contributed by atoms with E-state index in [2.05, 4.69) is 22.8 Å². The number of nitriles is 1. The summed E-state index contributed by atoms with van der Waals surface area (Å²) in [6.45, 7) is 1.73. The van der Waals surface area contributed by atoms with Crippen LogP contribution < -0.4 is 0 Å². The molecule has 0 amide bonds. The summed E-state index contributed by atoms with van der Waals surface area (Å²) in [5.74, 6) is 0. The molecule has 0 saturated carbocycles. The van der Waals surface area contributed by atoms with Gasteiger partial charge in [-0.05, 0) is 36.3 Å². The largest absolute Gasteiger partial charge is 0.394 e. The van der Waals surface area contributed by atoms with Crippen molar-refractivity contribution in [1.29, 1.82) is 5.26 Å². The summed E-state index contributed by atoms with van der Waals surface area (Å²) in [4.78, 5) is 0. The van der Waals surface area contributed by atoms with Gasteiger partial charge in [-0.2, -0.15) is 5.26 Å². The van der Waals surface area contributed by atoms with Crippen molar-refractivity contribution in [3.05, 3.63) is 54.1 Å². The molecule has 1 aromatic heterocycles. The molecule has 1 aliphatic rings. The molecule has 0 aliphatic carbocycles. The standard InChI is InChI=1S/C21H20N2O3/c1-13(8-9-22)14-6-7-18-16(10-14)15-4-2-3-5-17(15)23(18)21-11-19(25)20(12-24)26-21/h2-8,10,19-21,24-25H,11-12H2,1H3/b13-8+/t19-,20+,21+/m0/s1. The average molecular weight is 348 g/mol. The molecule has 1 saturated heterocycles. The molecule has 0 radical (unpaired) electrons. The Morgan fingerprint density at radius 2 is 2.04 bits per heavy atom. The second-order valence-electron chi connectivity index (χ2n) is 6.69. The normalized spacial score (nSPS) is 23.6. The number of hydrogen-bond acceptors (Lipinski definition) is 4. The Bertz CT molecular complexity index is 1040. The summed E-state index contributed by atoms with van der Waals surface area (Å²) in [5, 5.41) is 30.6. The van der Waals surface area contributed by atoms with Crippen LogP contribution in [0.2, 0.25) is 0 Å². The lowest BCUT2D eigenvalue weighted by Crippen LogP contribution is -2.24. The molecule has 2 aromatic carbocycles. The minimum Gasteiger partial charge on any atom is -0.394 e. The first-order chi connectivity index (χ1) is 12.6. The summed E-state index contributed by atoms with van der Waals surface area (Å²) in [7, 11) is 0. The van der Waals surface area contributed by atoms with Gasteiger partial charge >= 0.3 is 0 Å². The number of para-hydroxylation sites is 1. The lowest BCUT2D eigenvalue weighted by molar-refractivity contribution is -0.0416. The zero-order chi connectivity index (χ0) is 18.3. The molecule has 0 bridgehead atoms. The van der Waals surface area contributed by atoms with Crippen LogP contribution in [0.3, 0.4) is 0 Å². The molecule has 4 rings (SSSR count). The van der Waals surface area contributed by atoms with Gasteiger partial charge in [0.05, 0.1) is 29.8 Å². The van der Waals surface area contributed by atoms with E-state index in [-0.39, 0.29) is 12.8 Å². The summed E-state index contributed by atoms with van der Waals surface area (Å²) >= 11 is 0. The van der Waals surface area contributed by atoms with Crippen molar-refractivity contribution in [1.82, 2.24) is 4.57 Å². The first-order valence-corrected chi connectivity index (χ1v) is 8.68. The minimum atomic E-state index is -0.679. The SMILES string of the molecule is C/C(=C\C#N)c1ccc2c(c1)c1ccccc1n2[C@H]1C[C@H](O)[C@@H](CO)O1. The predicted molar refractivity (Wildman–Crippen MR) is 100 cm³/mol. The molecular weight excluding hydrogens is 328 g/mol. The van der Waals surface area contributed by atoms with Gasteiger partial charge < -0.3 is 19.5 Å². The highest BCUT2D eigenvalue weighted by molar-refractivity contribution is 6.09. The van der Waals surface area contributed by atoms with Gasteiger partial charge in [0.15, 0.2) is 0 Å². The maximum atomic E-state index is 10.1. The van der Waals surface area contributed by atoms with Crippen molar-refractivity contribution in [2.45, 2.75) is 31.8 Å². The van der Waals surface area contributed by atoms with Crippen molar-refractivity contribution in [3.8, 4) is 6.07 Å². The van der Waals surface area contributed by atoms with E-state index in [1.165, 1.54) is 0 Å². The second kappa shape index (κ2) is 6.58. The van der Waals surface area contributed by atoms with Crippen LogP contribution in [0.1, 0.15) is 25.1 Å². The molecule has 2 N–H and O–H groups in total. The van der Waals surface area contributed by atoms with Crippen LogP contribution >= 0.6 is 0 Å². The Kier molecular flexibility index (Phi) is 4.25. The molecule has 0 unspecified atom stereocenters. The minimum absolute atomic E-state index is 0.197. The third kappa shape index (κ3) is 2.60. The predicted octanol–water partition coefficient (Wildman–Crippen LogP) is 3.36. The van der Waals surface area contributed by atoms with Crippen molar-refractivity contribution in [3.63, 3.8) is 0 Å². The number of rotatable bonds is 3. The molecule has 0 spiro atoms. The van der Waals surface area contributed by atoms with Gasteiger partial charge in [-0.1, -0.05) is 24.3 Å². The third-order valence-corrected chi connectivity index (χ3v) is 5.12. The quantitative estimate of drug-likeness (QED) is 0.712. The summed E-state index contributed by atoms with van der Waals surface area (Å²) in [6, 6.07) is 16.3. The van der Waals surface area contributed by atoms with Crippen LogP contribution in [0.4, 0.5) is 0 Å². The van der Waals surface area contributed by atoms with Crippen molar-refractivity contribution < 1.29 is 14.9 Å². The maximum Gasteiger partial charge on any atom is 0.137 e. The van der Waals surface area contributed by atoms with Crippen molar-refractivity contribution in [2.24, 2.45) is 0 Å². The Labute approximate surface area is 151 Å². The number of nitrogens with zero attached hydrogens (tertiary/aromatic N) is 2. The summed E-state index contributed by atoms with van der Waals surface area (Å²) in [5.41, 5.74) is 3.95. The van der Waals surface area contributed by atoms with Gasteiger partial charge in [-0.3, -0.25) is 0 Å². The van der Waals surface area contributed by atoms with Crippen LogP contribution in [0.25, 0.3) is 27.4 Å². The zero-order valence-electron chi connectivity index (χ0n) is 14.5. The van der Waals surface area contributed by atoms with E-state index in [1.54, 1.807) is 6.08 Å². The second-order valence-corrected chi connectivity index (χ2v) is 6.69.